The maximum absolute atomic E-state index is 12.2. The van der Waals surface area contributed by atoms with Gasteiger partial charge in [-0.25, -0.2) is 0 Å². The molecule has 1 N–H and O–H groups in total. The van der Waals surface area contributed by atoms with Crippen molar-refractivity contribution in [1.82, 2.24) is 20.4 Å². The van der Waals surface area contributed by atoms with Crippen LogP contribution in [-0.2, 0) is 4.79 Å². The lowest BCUT2D eigenvalue weighted by Crippen LogP contribution is -2.53. The van der Waals surface area contributed by atoms with Gasteiger partial charge in [0, 0.05) is 44.0 Å². The van der Waals surface area contributed by atoms with E-state index in [2.05, 4.69) is 20.4 Å². The second-order valence-electron chi connectivity index (χ2n) is 4.67. The fourth-order valence-corrected chi connectivity index (χ4v) is 3.33. The highest BCUT2D eigenvalue weighted by Gasteiger charge is 2.29. The van der Waals surface area contributed by atoms with Gasteiger partial charge in [0.2, 0.25) is 5.91 Å². The molecule has 102 valence electrons. The molecule has 0 saturated carbocycles. The zero-order chi connectivity index (χ0) is 13.1. The fourth-order valence-electron chi connectivity index (χ4n) is 2.39. The number of carbonyl (C=O) groups excluding carboxylic acids is 1. The van der Waals surface area contributed by atoms with Gasteiger partial charge >= 0.3 is 0 Å². The summed E-state index contributed by atoms with van der Waals surface area (Å²) in [6.07, 6.45) is 1.67. The zero-order valence-electron chi connectivity index (χ0n) is 10.7. The lowest BCUT2D eigenvalue weighted by molar-refractivity contribution is -0.132. The molecule has 0 spiro atoms. The van der Waals surface area contributed by atoms with Gasteiger partial charge in [0.15, 0.2) is 5.82 Å². The molecule has 2 fully saturated rings. The summed E-state index contributed by atoms with van der Waals surface area (Å²) in [6.45, 7) is 3.17. The summed E-state index contributed by atoms with van der Waals surface area (Å²) in [4.78, 5) is 16.4. The summed E-state index contributed by atoms with van der Waals surface area (Å²) < 4.78 is 0. The van der Waals surface area contributed by atoms with Crippen LogP contribution >= 0.6 is 11.8 Å². The fraction of sp³-hybridized carbons (Fsp3) is 0.583. The largest absolute Gasteiger partial charge is 0.352 e. The van der Waals surface area contributed by atoms with Crippen molar-refractivity contribution in [3.8, 4) is 0 Å². The molecule has 6 nitrogen and oxygen atoms in total. The van der Waals surface area contributed by atoms with Crippen molar-refractivity contribution in [2.75, 3.05) is 42.7 Å². The van der Waals surface area contributed by atoms with E-state index in [1.54, 1.807) is 18.0 Å². The lowest BCUT2D eigenvalue weighted by atomic mass is 10.2. The molecule has 0 aromatic carbocycles. The van der Waals surface area contributed by atoms with E-state index < -0.39 is 0 Å². The highest BCUT2D eigenvalue weighted by atomic mass is 32.2. The van der Waals surface area contributed by atoms with E-state index in [4.69, 9.17) is 0 Å². The number of aromatic nitrogens is 2. The smallest absolute Gasteiger partial charge is 0.240 e. The summed E-state index contributed by atoms with van der Waals surface area (Å²) in [7, 11) is 0. The normalized spacial score (nSPS) is 23.7. The van der Waals surface area contributed by atoms with Crippen LogP contribution in [0, 0.1) is 0 Å². The van der Waals surface area contributed by atoms with Crippen molar-refractivity contribution in [1.29, 1.82) is 0 Å². The molecule has 2 aliphatic rings. The summed E-state index contributed by atoms with van der Waals surface area (Å²) in [5, 5.41) is 11.2. The molecule has 0 bridgehead atoms. The first-order chi connectivity index (χ1) is 9.34. The molecule has 2 saturated heterocycles. The second-order valence-corrected chi connectivity index (χ2v) is 5.70. The van der Waals surface area contributed by atoms with E-state index in [9.17, 15) is 4.79 Å². The molecule has 2 aliphatic heterocycles. The number of hydrogen-bond acceptors (Lipinski definition) is 6. The van der Waals surface area contributed by atoms with E-state index >= 15 is 0 Å². The van der Waals surface area contributed by atoms with Crippen molar-refractivity contribution in [3.05, 3.63) is 18.3 Å². The number of nitrogens with zero attached hydrogens (tertiary/aromatic N) is 4. The monoisotopic (exact) mass is 279 g/mol. The third-order valence-corrected chi connectivity index (χ3v) is 4.43. The average Bonchev–Trinajstić information content (AvgIpc) is 3.02. The summed E-state index contributed by atoms with van der Waals surface area (Å²) in [5.74, 6) is 2.91. The Hall–Kier alpha value is -1.34. The number of amides is 1. The third kappa shape index (κ3) is 2.82. The lowest BCUT2D eigenvalue weighted by Gasteiger charge is -2.36. The molecular formula is C12H17N5OS. The highest BCUT2D eigenvalue weighted by molar-refractivity contribution is 7.99. The van der Waals surface area contributed by atoms with Crippen molar-refractivity contribution in [2.24, 2.45) is 0 Å². The first-order valence-corrected chi connectivity index (χ1v) is 7.62. The van der Waals surface area contributed by atoms with Gasteiger partial charge in [-0.2, -0.15) is 5.10 Å². The van der Waals surface area contributed by atoms with Gasteiger partial charge in [-0.3, -0.25) is 10.1 Å². The van der Waals surface area contributed by atoms with Crippen LogP contribution in [0.3, 0.4) is 0 Å². The number of rotatable bonds is 2. The Bertz CT molecular complexity index is 429. The van der Waals surface area contributed by atoms with Crippen molar-refractivity contribution < 1.29 is 4.79 Å². The number of hydrogen-bond donors (Lipinski definition) is 1. The van der Waals surface area contributed by atoms with E-state index in [1.807, 2.05) is 17.0 Å². The topological polar surface area (TPSA) is 61.4 Å². The molecule has 3 rings (SSSR count). The van der Waals surface area contributed by atoms with E-state index in [1.165, 1.54) is 0 Å². The Balaban J connectivity index is 1.56. The second kappa shape index (κ2) is 5.75. The molecule has 3 heterocycles. The average molecular weight is 279 g/mol. The van der Waals surface area contributed by atoms with Crippen molar-refractivity contribution in [3.63, 3.8) is 0 Å². The molecule has 0 radical (unpaired) electrons. The van der Waals surface area contributed by atoms with Crippen LogP contribution in [0.25, 0.3) is 0 Å². The summed E-state index contributed by atoms with van der Waals surface area (Å²) in [6, 6.07) is 3.85. The van der Waals surface area contributed by atoms with Crippen LogP contribution in [0.2, 0.25) is 0 Å². The van der Waals surface area contributed by atoms with Crippen LogP contribution in [0.5, 0.6) is 0 Å². The molecule has 0 aliphatic carbocycles. The zero-order valence-corrected chi connectivity index (χ0v) is 11.5. The maximum Gasteiger partial charge on any atom is 0.240 e. The van der Waals surface area contributed by atoms with Gasteiger partial charge < -0.3 is 9.80 Å². The summed E-state index contributed by atoms with van der Waals surface area (Å²) >= 11 is 1.78. The predicted octanol–water partition coefficient (Wildman–Crippen LogP) is -0.212. The van der Waals surface area contributed by atoms with E-state index in [0.717, 1.165) is 43.6 Å². The number of piperazine rings is 1. The molecule has 1 amide bonds. The highest BCUT2D eigenvalue weighted by Crippen LogP contribution is 2.15. The van der Waals surface area contributed by atoms with Crippen LogP contribution in [-0.4, -0.2) is 64.9 Å². The Morgan fingerprint density at radius 2 is 2.21 bits per heavy atom. The Morgan fingerprint density at radius 3 is 2.84 bits per heavy atom. The Morgan fingerprint density at radius 1 is 1.37 bits per heavy atom. The van der Waals surface area contributed by atoms with Crippen molar-refractivity contribution >= 4 is 23.5 Å². The third-order valence-electron chi connectivity index (χ3n) is 3.49. The molecular weight excluding hydrogens is 262 g/mol. The van der Waals surface area contributed by atoms with Gasteiger partial charge in [0.1, 0.15) is 0 Å². The Kier molecular flexibility index (Phi) is 3.84. The van der Waals surface area contributed by atoms with Crippen molar-refractivity contribution in [2.45, 2.75) is 6.04 Å². The van der Waals surface area contributed by atoms with Gasteiger partial charge in [-0.15, -0.1) is 16.9 Å². The molecule has 19 heavy (non-hydrogen) atoms. The van der Waals surface area contributed by atoms with Gasteiger partial charge in [0.05, 0.1) is 6.04 Å². The van der Waals surface area contributed by atoms with Crippen LogP contribution in [0.15, 0.2) is 18.3 Å². The van der Waals surface area contributed by atoms with Crippen LogP contribution in [0.4, 0.5) is 5.82 Å². The number of anilines is 1. The molecule has 1 atom stereocenters. The molecule has 7 heteroatoms. The summed E-state index contributed by atoms with van der Waals surface area (Å²) in [5.41, 5.74) is 0. The first-order valence-electron chi connectivity index (χ1n) is 6.47. The standard InChI is InChI=1S/C12H17N5OS/c18-12(10-8-19-9-13-10)17-6-4-16(5-7-17)11-2-1-3-14-15-11/h1-3,10,13H,4-9H2. The van der Waals surface area contributed by atoms with E-state index in [-0.39, 0.29) is 11.9 Å². The molecule has 1 aromatic rings. The van der Waals surface area contributed by atoms with Gasteiger partial charge in [-0.1, -0.05) is 0 Å². The van der Waals surface area contributed by atoms with Crippen LogP contribution < -0.4 is 10.2 Å². The first kappa shape index (κ1) is 12.7. The Labute approximate surface area is 116 Å². The maximum atomic E-state index is 12.2. The number of thioether (sulfide) groups is 1. The van der Waals surface area contributed by atoms with Gasteiger partial charge in [-0.05, 0) is 12.1 Å². The molecule has 1 unspecified atom stereocenters. The number of carbonyl (C=O) groups is 1. The quantitative estimate of drug-likeness (QED) is 0.808. The molecule has 1 aromatic heterocycles. The predicted molar refractivity (Wildman–Crippen MR) is 75.1 cm³/mol. The van der Waals surface area contributed by atoms with Crippen LogP contribution in [0.1, 0.15) is 0 Å². The van der Waals surface area contributed by atoms with Gasteiger partial charge in [0.25, 0.3) is 0 Å². The minimum Gasteiger partial charge on any atom is -0.352 e. The number of nitrogens with one attached hydrogen (secondary N) is 1. The minimum atomic E-state index is 0.00747. The minimum absolute atomic E-state index is 0.00747. The van der Waals surface area contributed by atoms with E-state index in [0.29, 0.717) is 0 Å². The SMILES string of the molecule is O=C(C1CSCN1)N1CCN(c2cccnn2)CC1.